The maximum atomic E-state index is 12.1. The molecule has 2 amide bonds. The van der Waals surface area contributed by atoms with Gasteiger partial charge in [-0.3, -0.25) is 5.01 Å². The Hall–Kier alpha value is -2.73. The van der Waals surface area contributed by atoms with Crippen LogP contribution in [0.15, 0.2) is 47.6 Å². The van der Waals surface area contributed by atoms with Gasteiger partial charge in [-0.05, 0) is 42.5 Å². The van der Waals surface area contributed by atoms with Crippen LogP contribution in [-0.4, -0.2) is 29.4 Å². The van der Waals surface area contributed by atoms with Crippen molar-refractivity contribution in [2.45, 2.75) is 12.5 Å². The van der Waals surface area contributed by atoms with Gasteiger partial charge >= 0.3 is 6.03 Å². The number of carbonyl (C=O) groups is 1. The number of phenols is 1. The molecule has 1 aliphatic rings. The average Bonchev–Trinajstić information content (AvgIpc) is 2.97. The Morgan fingerprint density at radius 3 is 2.54 bits per heavy atom. The number of phenolic OH excluding ortho intramolecular Hbond substituents is 1. The zero-order valence-corrected chi connectivity index (χ0v) is 13.8. The van der Waals surface area contributed by atoms with Gasteiger partial charge < -0.3 is 15.7 Å². The molecule has 1 atom stereocenters. The first kappa shape index (κ1) is 16.1. The Morgan fingerprint density at radius 2 is 1.88 bits per heavy atom. The van der Waals surface area contributed by atoms with E-state index in [4.69, 9.17) is 11.6 Å². The molecule has 0 fully saturated rings. The molecule has 1 heterocycles. The van der Waals surface area contributed by atoms with Crippen molar-refractivity contribution < 1.29 is 9.90 Å². The van der Waals surface area contributed by atoms with Crippen LogP contribution in [0.25, 0.3) is 0 Å². The Balaban J connectivity index is 1.70. The van der Waals surface area contributed by atoms with Crippen LogP contribution < -0.4 is 10.6 Å². The van der Waals surface area contributed by atoms with Crippen LogP contribution >= 0.6 is 11.6 Å². The Morgan fingerprint density at radius 1 is 1.21 bits per heavy atom. The summed E-state index contributed by atoms with van der Waals surface area (Å²) in [6, 6.07) is 11.4. The van der Waals surface area contributed by atoms with E-state index in [1.165, 1.54) is 0 Å². The summed E-state index contributed by atoms with van der Waals surface area (Å²) < 4.78 is 0. The molecule has 6 nitrogen and oxygen atoms in total. The van der Waals surface area contributed by atoms with Gasteiger partial charge in [-0.15, -0.1) is 0 Å². The Labute approximate surface area is 144 Å². The summed E-state index contributed by atoms with van der Waals surface area (Å²) in [6.07, 6.45) is 2.52. The lowest BCUT2D eigenvalue weighted by Gasteiger charge is -2.21. The maximum absolute atomic E-state index is 12.1. The Kier molecular flexibility index (Phi) is 4.57. The van der Waals surface area contributed by atoms with E-state index in [0.29, 0.717) is 22.8 Å². The summed E-state index contributed by atoms with van der Waals surface area (Å²) in [5, 5.41) is 22.1. The van der Waals surface area contributed by atoms with Gasteiger partial charge in [-0.25, -0.2) is 4.79 Å². The van der Waals surface area contributed by atoms with Gasteiger partial charge in [0.2, 0.25) is 0 Å². The molecule has 0 aliphatic carbocycles. The molecule has 124 valence electrons. The predicted molar refractivity (Wildman–Crippen MR) is 95.8 cm³/mol. The van der Waals surface area contributed by atoms with Crippen LogP contribution in [0.3, 0.4) is 0 Å². The number of anilines is 2. The number of halogens is 1. The number of carbonyl (C=O) groups excluding carboxylic acids is 1. The second-order valence-electron chi connectivity index (χ2n) is 5.48. The lowest BCUT2D eigenvalue weighted by atomic mass is 10.0. The van der Waals surface area contributed by atoms with E-state index in [1.807, 2.05) is 7.05 Å². The number of benzene rings is 2. The number of hydrogen-bond donors (Lipinski definition) is 3. The second kappa shape index (κ2) is 6.80. The van der Waals surface area contributed by atoms with Crippen LogP contribution in [0.5, 0.6) is 5.75 Å². The van der Waals surface area contributed by atoms with Gasteiger partial charge in [0.15, 0.2) is 0 Å². The van der Waals surface area contributed by atoms with Crippen molar-refractivity contribution in [3.63, 3.8) is 0 Å². The average molecular weight is 345 g/mol. The van der Waals surface area contributed by atoms with Crippen LogP contribution in [0.4, 0.5) is 16.2 Å². The van der Waals surface area contributed by atoms with Crippen LogP contribution in [0.2, 0.25) is 5.02 Å². The first-order chi connectivity index (χ1) is 11.5. The number of nitrogens with zero attached hydrogens (tertiary/aromatic N) is 2. The normalized spacial score (nSPS) is 16.2. The molecule has 0 aromatic heterocycles. The summed E-state index contributed by atoms with van der Waals surface area (Å²) in [6.45, 7) is 0. The lowest BCUT2D eigenvalue weighted by Crippen LogP contribution is -2.20. The summed E-state index contributed by atoms with van der Waals surface area (Å²) in [5.74, 6) is 0.181. The van der Waals surface area contributed by atoms with Gasteiger partial charge in [-0.2, -0.15) is 5.10 Å². The molecule has 2 aromatic carbocycles. The van der Waals surface area contributed by atoms with Gasteiger partial charge in [0, 0.05) is 41.6 Å². The highest BCUT2D eigenvalue weighted by molar-refractivity contribution is 6.30. The minimum absolute atomic E-state index is 0.0360. The van der Waals surface area contributed by atoms with E-state index in [-0.39, 0.29) is 17.8 Å². The molecular formula is C17H17ClN4O2. The number of urea groups is 1. The smallest absolute Gasteiger partial charge is 0.323 e. The molecular weight excluding hydrogens is 328 g/mol. The van der Waals surface area contributed by atoms with E-state index in [0.717, 1.165) is 5.56 Å². The van der Waals surface area contributed by atoms with E-state index in [9.17, 15) is 9.90 Å². The molecule has 0 saturated carbocycles. The number of amides is 2. The minimum Gasteiger partial charge on any atom is -0.508 e. The maximum Gasteiger partial charge on any atom is 0.323 e. The molecule has 0 radical (unpaired) electrons. The Bertz CT molecular complexity index is 777. The van der Waals surface area contributed by atoms with Gasteiger partial charge in [-0.1, -0.05) is 11.6 Å². The monoisotopic (exact) mass is 344 g/mol. The number of hydrogen-bond acceptors (Lipinski definition) is 4. The molecule has 3 N–H and O–H groups in total. The SMILES string of the molecule is CN1N=CCC1c1cc(NC(=O)Nc2ccc(Cl)cc2)ccc1O. The molecule has 1 aliphatic heterocycles. The third-order valence-electron chi connectivity index (χ3n) is 3.79. The topological polar surface area (TPSA) is 77.0 Å². The zero-order valence-electron chi connectivity index (χ0n) is 13.0. The van der Waals surface area contributed by atoms with Crippen molar-refractivity contribution in [3.8, 4) is 5.75 Å². The predicted octanol–water partition coefficient (Wildman–Crippen LogP) is 4.05. The molecule has 2 aromatic rings. The molecule has 3 rings (SSSR count). The summed E-state index contributed by atoms with van der Waals surface area (Å²) >= 11 is 5.82. The van der Waals surface area contributed by atoms with Crippen molar-refractivity contribution >= 4 is 35.2 Å². The highest BCUT2D eigenvalue weighted by Gasteiger charge is 2.22. The van der Waals surface area contributed by atoms with Crippen molar-refractivity contribution in [3.05, 3.63) is 53.1 Å². The summed E-state index contributed by atoms with van der Waals surface area (Å²) in [5.41, 5.74) is 1.95. The second-order valence-corrected chi connectivity index (χ2v) is 5.92. The highest BCUT2D eigenvalue weighted by Crippen LogP contribution is 2.34. The number of nitrogens with one attached hydrogen (secondary N) is 2. The van der Waals surface area contributed by atoms with Gasteiger partial charge in [0.1, 0.15) is 5.75 Å². The van der Waals surface area contributed by atoms with Crippen molar-refractivity contribution in [1.82, 2.24) is 5.01 Å². The number of rotatable bonds is 3. The quantitative estimate of drug-likeness (QED) is 0.735. The van der Waals surface area contributed by atoms with Crippen molar-refractivity contribution in [2.24, 2.45) is 5.10 Å². The molecule has 1 unspecified atom stereocenters. The van der Waals surface area contributed by atoms with Crippen molar-refractivity contribution in [2.75, 3.05) is 17.7 Å². The van der Waals surface area contributed by atoms with Crippen molar-refractivity contribution in [1.29, 1.82) is 0 Å². The van der Waals surface area contributed by atoms with E-state index in [1.54, 1.807) is 53.7 Å². The fraction of sp³-hybridized carbons (Fsp3) is 0.176. The van der Waals surface area contributed by atoms with Gasteiger partial charge in [0.05, 0.1) is 6.04 Å². The fourth-order valence-corrected chi connectivity index (χ4v) is 2.69. The van der Waals surface area contributed by atoms with E-state index in [2.05, 4.69) is 15.7 Å². The number of hydrazone groups is 1. The molecule has 7 heteroatoms. The van der Waals surface area contributed by atoms with E-state index < -0.39 is 0 Å². The molecule has 0 saturated heterocycles. The highest BCUT2D eigenvalue weighted by atomic mass is 35.5. The first-order valence-corrected chi connectivity index (χ1v) is 7.82. The molecule has 0 spiro atoms. The minimum atomic E-state index is -0.370. The molecule has 24 heavy (non-hydrogen) atoms. The standard InChI is InChI=1S/C17H17ClN4O2/c1-22-15(8-9-19-22)14-10-13(6-7-16(14)23)21-17(24)20-12-4-2-11(18)3-5-12/h2-7,9-10,15,23H,8H2,1H3,(H2,20,21,24). The van der Waals surface area contributed by atoms with Crippen LogP contribution in [0, 0.1) is 0 Å². The number of aromatic hydroxyl groups is 1. The van der Waals surface area contributed by atoms with Crippen LogP contribution in [0.1, 0.15) is 18.0 Å². The largest absolute Gasteiger partial charge is 0.508 e. The zero-order chi connectivity index (χ0) is 17.1. The molecule has 0 bridgehead atoms. The van der Waals surface area contributed by atoms with Crippen LogP contribution in [-0.2, 0) is 0 Å². The first-order valence-electron chi connectivity index (χ1n) is 7.44. The third-order valence-corrected chi connectivity index (χ3v) is 4.04. The van der Waals surface area contributed by atoms with Gasteiger partial charge in [0.25, 0.3) is 0 Å². The fourth-order valence-electron chi connectivity index (χ4n) is 2.56. The summed E-state index contributed by atoms with van der Waals surface area (Å²) in [4.78, 5) is 12.1. The summed E-state index contributed by atoms with van der Waals surface area (Å²) in [7, 11) is 1.85. The van der Waals surface area contributed by atoms with E-state index >= 15 is 0 Å². The lowest BCUT2D eigenvalue weighted by molar-refractivity contribution is 0.262. The third kappa shape index (κ3) is 3.60.